The van der Waals surface area contributed by atoms with Crippen LogP contribution in [0.25, 0.3) is 11.1 Å². The highest BCUT2D eigenvalue weighted by molar-refractivity contribution is 6.08. The van der Waals surface area contributed by atoms with Crippen molar-refractivity contribution in [3.05, 3.63) is 131 Å². The Bertz CT molecular complexity index is 1210. The van der Waals surface area contributed by atoms with Gasteiger partial charge in [-0.1, -0.05) is 97.1 Å². The average molecular weight is 390 g/mol. The van der Waals surface area contributed by atoms with E-state index in [-0.39, 0.29) is 11.7 Å². The van der Waals surface area contributed by atoms with E-state index in [0.29, 0.717) is 5.75 Å². The Morgan fingerprint density at radius 1 is 0.667 bits per heavy atom. The molecule has 0 amide bonds. The lowest BCUT2D eigenvalue weighted by molar-refractivity contribution is 0.372. The third kappa shape index (κ3) is 2.89. The van der Waals surface area contributed by atoms with Gasteiger partial charge in [0.2, 0.25) is 0 Å². The summed E-state index contributed by atoms with van der Waals surface area (Å²) in [6.45, 7) is 0. The van der Waals surface area contributed by atoms with Crippen LogP contribution in [-0.4, -0.2) is 12.2 Å². The number of phenols is 1. The van der Waals surface area contributed by atoms with Gasteiger partial charge in [-0.3, -0.25) is 0 Å². The molecule has 0 aromatic heterocycles. The van der Waals surface area contributed by atoms with Crippen molar-refractivity contribution < 1.29 is 9.84 Å². The van der Waals surface area contributed by atoms with E-state index in [0.717, 1.165) is 22.3 Å². The molecule has 1 N–H and O–H groups in total. The Morgan fingerprint density at radius 2 is 1.23 bits per heavy atom. The van der Waals surface area contributed by atoms with Gasteiger partial charge in [0.15, 0.2) is 11.5 Å². The van der Waals surface area contributed by atoms with Crippen molar-refractivity contribution in [2.24, 2.45) is 0 Å². The van der Waals surface area contributed by atoms with Gasteiger partial charge >= 0.3 is 0 Å². The maximum absolute atomic E-state index is 10.6. The molecular weight excluding hydrogens is 368 g/mol. The van der Waals surface area contributed by atoms with Gasteiger partial charge in [0.05, 0.1) is 7.11 Å². The average Bonchev–Trinajstić information content (AvgIpc) is 3.16. The van der Waals surface area contributed by atoms with Gasteiger partial charge in [-0.25, -0.2) is 0 Å². The molecule has 1 aliphatic rings. The Hall–Kier alpha value is -3.78. The van der Waals surface area contributed by atoms with Crippen LogP contribution >= 0.6 is 0 Å². The number of hydrogen-bond donors (Lipinski definition) is 1. The molecule has 0 bridgehead atoms. The second-order valence-corrected chi connectivity index (χ2v) is 7.45. The topological polar surface area (TPSA) is 29.5 Å². The molecule has 0 saturated carbocycles. The van der Waals surface area contributed by atoms with Crippen molar-refractivity contribution in [1.82, 2.24) is 0 Å². The largest absolute Gasteiger partial charge is 0.504 e. The van der Waals surface area contributed by atoms with Crippen molar-refractivity contribution in [1.29, 1.82) is 0 Å². The second kappa shape index (κ2) is 7.57. The van der Waals surface area contributed by atoms with Crippen molar-refractivity contribution >= 4 is 11.1 Å². The maximum Gasteiger partial charge on any atom is 0.168 e. The number of ether oxygens (including phenoxy) is 1. The fraction of sp³-hybridized carbons (Fsp3) is 0.0714. The predicted octanol–water partition coefficient (Wildman–Crippen LogP) is 6.51. The summed E-state index contributed by atoms with van der Waals surface area (Å²) in [6.07, 6.45) is 0. The van der Waals surface area contributed by atoms with E-state index in [4.69, 9.17) is 4.74 Å². The normalized spacial score (nSPS) is 15.2. The Labute approximate surface area is 176 Å². The van der Waals surface area contributed by atoms with Crippen LogP contribution in [0.4, 0.5) is 0 Å². The van der Waals surface area contributed by atoms with Gasteiger partial charge in [-0.15, -0.1) is 0 Å². The van der Waals surface area contributed by atoms with Gasteiger partial charge in [0.1, 0.15) is 0 Å². The molecule has 0 radical (unpaired) electrons. The first-order chi connectivity index (χ1) is 14.8. The number of allylic oxidation sites excluding steroid dienone is 1. The standard InChI is InChI=1S/C28H22O2/c1-30-28-23(29)18-17-22-24(19-11-5-2-6-12-19)25(20-13-7-3-8-14-20)26(27(22)28)21-15-9-4-10-16-21/h2-18,24,29H,1H3. The molecule has 1 unspecified atom stereocenters. The third-order valence-corrected chi connectivity index (χ3v) is 5.77. The molecular formula is C28H22O2. The van der Waals surface area contributed by atoms with E-state index in [2.05, 4.69) is 72.8 Å². The minimum Gasteiger partial charge on any atom is -0.504 e. The van der Waals surface area contributed by atoms with Crippen LogP contribution in [0.15, 0.2) is 103 Å². The zero-order valence-corrected chi connectivity index (χ0v) is 16.7. The van der Waals surface area contributed by atoms with E-state index in [1.165, 1.54) is 16.7 Å². The molecule has 4 aromatic rings. The second-order valence-electron chi connectivity index (χ2n) is 7.45. The quantitative estimate of drug-likeness (QED) is 0.431. The number of aromatic hydroxyl groups is 1. The lowest BCUT2D eigenvalue weighted by atomic mass is 9.84. The highest BCUT2D eigenvalue weighted by atomic mass is 16.5. The van der Waals surface area contributed by atoms with E-state index in [9.17, 15) is 5.11 Å². The van der Waals surface area contributed by atoms with Gasteiger partial charge in [-0.05, 0) is 39.5 Å². The van der Waals surface area contributed by atoms with Crippen LogP contribution in [0.1, 0.15) is 33.7 Å². The van der Waals surface area contributed by atoms with Crippen LogP contribution in [-0.2, 0) is 0 Å². The van der Waals surface area contributed by atoms with Gasteiger partial charge in [0, 0.05) is 11.5 Å². The fourth-order valence-corrected chi connectivity index (χ4v) is 4.55. The monoisotopic (exact) mass is 390 g/mol. The highest BCUT2D eigenvalue weighted by Crippen LogP contribution is 2.56. The zero-order valence-electron chi connectivity index (χ0n) is 16.7. The van der Waals surface area contributed by atoms with E-state index >= 15 is 0 Å². The molecule has 5 rings (SSSR count). The molecule has 146 valence electrons. The molecule has 2 nitrogen and oxygen atoms in total. The summed E-state index contributed by atoms with van der Waals surface area (Å²) in [5.74, 6) is 0.734. The van der Waals surface area contributed by atoms with Crippen molar-refractivity contribution in [2.45, 2.75) is 5.92 Å². The molecule has 2 heteroatoms. The first-order valence-electron chi connectivity index (χ1n) is 10.1. The summed E-state index contributed by atoms with van der Waals surface area (Å²) in [6, 6.07) is 35.2. The lowest BCUT2D eigenvalue weighted by Gasteiger charge is -2.18. The molecule has 4 aromatic carbocycles. The van der Waals surface area contributed by atoms with Crippen LogP contribution in [0, 0.1) is 0 Å². The number of hydrogen-bond acceptors (Lipinski definition) is 2. The number of benzene rings is 4. The molecule has 1 atom stereocenters. The van der Waals surface area contributed by atoms with Crippen LogP contribution < -0.4 is 4.74 Å². The van der Waals surface area contributed by atoms with Crippen LogP contribution in [0.3, 0.4) is 0 Å². The Morgan fingerprint density at radius 3 is 1.83 bits per heavy atom. The van der Waals surface area contributed by atoms with Crippen molar-refractivity contribution in [2.75, 3.05) is 7.11 Å². The van der Waals surface area contributed by atoms with Crippen molar-refractivity contribution in [3.63, 3.8) is 0 Å². The zero-order chi connectivity index (χ0) is 20.5. The first kappa shape index (κ1) is 18.3. The van der Waals surface area contributed by atoms with Crippen LogP contribution in [0.5, 0.6) is 11.5 Å². The Balaban J connectivity index is 1.92. The highest BCUT2D eigenvalue weighted by Gasteiger charge is 2.36. The third-order valence-electron chi connectivity index (χ3n) is 5.77. The molecule has 0 heterocycles. The summed E-state index contributed by atoms with van der Waals surface area (Å²) in [5.41, 5.74) is 7.95. The fourth-order valence-electron chi connectivity index (χ4n) is 4.55. The molecule has 0 aliphatic heterocycles. The molecule has 30 heavy (non-hydrogen) atoms. The summed E-state index contributed by atoms with van der Waals surface area (Å²) in [5, 5.41) is 10.6. The lowest BCUT2D eigenvalue weighted by Crippen LogP contribution is -2.01. The molecule has 0 saturated heterocycles. The first-order valence-corrected chi connectivity index (χ1v) is 10.1. The SMILES string of the molecule is COc1c(O)ccc2c1C(c1ccccc1)=C(c1ccccc1)C2c1ccccc1. The smallest absolute Gasteiger partial charge is 0.168 e. The van der Waals surface area contributed by atoms with Crippen molar-refractivity contribution in [3.8, 4) is 11.5 Å². The predicted molar refractivity (Wildman–Crippen MR) is 122 cm³/mol. The number of fused-ring (bicyclic) bond motifs is 1. The summed E-state index contributed by atoms with van der Waals surface area (Å²) in [4.78, 5) is 0. The number of methoxy groups -OCH3 is 1. The molecule has 0 spiro atoms. The molecule has 1 aliphatic carbocycles. The van der Waals surface area contributed by atoms with Gasteiger partial charge < -0.3 is 9.84 Å². The minimum absolute atomic E-state index is 0.0494. The maximum atomic E-state index is 10.6. The van der Waals surface area contributed by atoms with E-state index in [1.807, 2.05) is 24.3 Å². The minimum atomic E-state index is 0.0494. The van der Waals surface area contributed by atoms with Gasteiger partial charge in [-0.2, -0.15) is 0 Å². The summed E-state index contributed by atoms with van der Waals surface area (Å²) in [7, 11) is 1.62. The van der Waals surface area contributed by atoms with Gasteiger partial charge in [0.25, 0.3) is 0 Å². The number of rotatable bonds is 4. The van der Waals surface area contributed by atoms with E-state index in [1.54, 1.807) is 13.2 Å². The summed E-state index contributed by atoms with van der Waals surface area (Å²) >= 11 is 0. The summed E-state index contributed by atoms with van der Waals surface area (Å²) < 4.78 is 5.72. The Kier molecular flexibility index (Phi) is 4.61. The molecule has 0 fully saturated rings. The van der Waals surface area contributed by atoms with Crippen LogP contribution in [0.2, 0.25) is 0 Å². The number of phenolic OH excluding ortho intramolecular Hbond substituents is 1. The van der Waals surface area contributed by atoms with E-state index < -0.39 is 0 Å².